The molecule has 1 aliphatic carbocycles. The van der Waals surface area contributed by atoms with Gasteiger partial charge in [-0.1, -0.05) is 18.2 Å². The van der Waals surface area contributed by atoms with E-state index in [2.05, 4.69) is 0 Å². The van der Waals surface area contributed by atoms with Crippen molar-refractivity contribution in [3.8, 4) is 0 Å². The van der Waals surface area contributed by atoms with Gasteiger partial charge < -0.3 is 5.11 Å². The van der Waals surface area contributed by atoms with Crippen LogP contribution in [-0.4, -0.2) is 16.9 Å². The summed E-state index contributed by atoms with van der Waals surface area (Å²) in [5.74, 6) is -1.61. The fourth-order valence-electron chi connectivity index (χ4n) is 1.98. The van der Waals surface area contributed by atoms with Gasteiger partial charge in [0.25, 0.3) is 0 Å². The van der Waals surface area contributed by atoms with Crippen molar-refractivity contribution in [2.75, 3.05) is 0 Å². The minimum Gasteiger partial charge on any atom is -0.481 e. The van der Waals surface area contributed by atoms with Crippen molar-refractivity contribution in [3.05, 3.63) is 34.9 Å². The lowest BCUT2D eigenvalue weighted by atomic mass is 9.99. The predicted octanol–water partition coefficient (Wildman–Crippen LogP) is 1.75. The summed E-state index contributed by atoms with van der Waals surface area (Å²) in [6, 6.07) is 5.36. The van der Waals surface area contributed by atoms with Crippen molar-refractivity contribution in [1.82, 2.24) is 0 Å². The first kappa shape index (κ1) is 8.94. The van der Waals surface area contributed by atoms with E-state index < -0.39 is 11.9 Å². The molecular weight excluding hydrogens is 180 g/mol. The Morgan fingerprint density at radius 1 is 1.50 bits per heavy atom. The number of hydrogen-bond donors (Lipinski definition) is 1. The molecule has 1 aromatic rings. The minimum absolute atomic E-state index is 0.0505. The summed E-state index contributed by atoms with van der Waals surface area (Å²) in [4.78, 5) is 22.4. The number of aryl methyl sites for hydroxylation is 1. The molecule has 1 atom stereocenters. The zero-order chi connectivity index (χ0) is 10.3. The van der Waals surface area contributed by atoms with Crippen LogP contribution in [0.4, 0.5) is 0 Å². The first-order chi connectivity index (χ1) is 6.61. The van der Waals surface area contributed by atoms with Crippen molar-refractivity contribution in [3.63, 3.8) is 0 Å². The predicted molar refractivity (Wildman–Crippen MR) is 50.5 cm³/mol. The second-order valence-electron chi connectivity index (χ2n) is 3.56. The Hall–Kier alpha value is -1.64. The van der Waals surface area contributed by atoms with Crippen LogP contribution in [0.25, 0.3) is 0 Å². The Bertz CT molecular complexity index is 421. The summed E-state index contributed by atoms with van der Waals surface area (Å²) in [6.45, 7) is 1.83. The highest BCUT2D eigenvalue weighted by Gasteiger charge is 2.34. The summed E-state index contributed by atoms with van der Waals surface area (Å²) in [7, 11) is 0. The van der Waals surface area contributed by atoms with Gasteiger partial charge in [-0.25, -0.2) is 0 Å². The van der Waals surface area contributed by atoms with Crippen LogP contribution in [0.1, 0.15) is 33.8 Å². The standard InChI is InChI=1S/C11H10O3/c1-6-3-2-4-7-8(11(13)14)5-9(12)10(6)7/h2-4,8H,5H2,1H3,(H,13,14)/t8-/m0/s1. The lowest BCUT2D eigenvalue weighted by molar-refractivity contribution is -0.138. The number of ketones is 1. The third-order valence-electron chi connectivity index (χ3n) is 2.65. The molecule has 0 amide bonds. The number of rotatable bonds is 1. The normalized spacial score (nSPS) is 19.5. The van der Waals surface area contributed by atoms with E-state index in [1.165, 1.54) is 0 Å². The van der Waals surface area contributed by atoms with Crippen LogP contribution in [0.3, 0.4) is 0 Å². The summed E-state index contributed by atoms with van der Waals surface area (Å²) >= 11 is 0. The van der Waals surface area contributed by atoms with Crippen molar-refractivity contribution in [2.24, 2.45) is 0 Å². The van der Waals surface area contributed by atoms with Crippen LogP contribution >= 0.6 is 0 Å². The van der Waals surface area contributed by atoms with E-state index in [0.717, 1.165) is 5.56 Å². The first-order valence-electron chi connectivity index (χ1n) is 4.47. The molecule has 0 aromatic heterocycles. The van der Waals surface area contributed by atoms with Crippen LogP contribution in [0.2, 0.25) is 0 Å². The van der Waals surface area contributed by atoms with Gasteiger partial charge in [-0.05, 0) is 18.1 Å². The summed E-state index contributed by atoms with van der Waals surface area (Å²) in [5, 5.41) is 8.92. The topological polar surface area (TPSA) is 54.4 Å². The second-order valence-corrected chi connectivity index (χ2v) is 3.56. The summed E-state index contributed by atoms with van der Waals surface area (Å²) < 4.78 is 0. The Kier molecular flexibility index (Phi) is 1.88. The SMILES string of the molecule is Cc1cccc2c1C(=O)C[C@@H]2C(=O)O. The highest BCUT2D eigenvalue weighted by molar-refractivity contribution is 6.06. The minimum atomic E-state index is -0.914. The first-order valence-corrected chi connectivity index (χ1v) is 4.47. The molecule has 14 heavy (non-hydrogen) atoms. The highest BCUT2D eigenvalue weighted by atomic mass is 16.4. The molecule has 0 heterocycles. The van der Waals surface area contributed by atoms with Crippen molar-refractivity contribution >= 4 is 11.8 Å². The van der Waals surface area contributed by atoms with Crippen LogP contribution < -0.4 is 0 Å². The number of carboxylic acids is 1. The van der Waals surface area contributed by atoms with Gasteiger partial charge in [0, 0.05) is 12.0 Å². The van der Waals surface area contributed by atoms with Gasteiger partial charge >= 0.3 is 5.97 Å². The van der Waals surface area contributed by atoms with Crippen molar-refractivity contribution in [2.45, 2.75) is 19.3 Å². The van der Waals surface area contributed by atoms with Crippen molar-refractivity contribution < 1.29 is 14.7 Å². The molecule has 0 saturated carbocycles. The van der Waals surface area contributed by atoms with Crippen LogP contribution in [-0.2, 0) is 4.79 Å². The maximum Gasteiger partial charge on any atom is 0.311 e. The van der Waals surface area contributed by atoms with Crippen molar-refractivity contribution in [1.29, 1.82) is 0 Å². The van der Waals surface area contributed by atoms with E-state index in [-0.39, 0.29) is 12.2 Å². The quantitative estimate of drug-likeness (QED) is 0.733. The summed E-state index contributed by atoms with van der Waals surface area (Å²) in [6.07, 6.45) is 0.107. The number of hydrogen-bond acceptors (Lipinski definition) is 2. The monoisotopic (exact) mass is 190 g/mol. The van der Waals surface area contributed by atoms with Gasteiger partial charge in [0.2, 0.25) is 0 Å². The fraction of sp³-hybridized carbons (Fsp3) is 0.273. The Balaban J connectivity index is 2.60. The zero-order valence-corrected chi connectivity index (χ0v) is 7.78. The molecule has 3 heteroatoms. The molecule has 72 valence electrons. The van der Waals surface area contributed by atoms with Crippen LogP contribution in [0.15, 0.2) is 18.2 Å². The van der Waals surface area contributed by atoms with Gasteiger partial charge in [0.1, 0.15) is 0 Å². The fourth-order valence-corrected chi connectivity index (χ4v) is 1.98. The van der Waals surface area contributed by atoms with Gasteiger partial charge in [-0.15, -0.1) is 0 Å². The molecule has 1 N–H and O–H groups in total. The summed E-state index contributed by atoms with van der Waals surface area (Å²) in [5.41, 5.74) is 2.15. The van der Waals surface area contributed by atoms with Gasteiger partial charge in [0.15, 0.2) is 5.78 Å². The number of fused-ring (bicyclic) bond motifs is 1. The molecule has 0 unspecified atom stereocenters. The number of aliphatic carboxylic acids is 1. The Morgan fingerprint density at radius 2 is 2.21 bits per heavy atom. The van der Waals surface area contributed by atoms with Gasteiger partial charge in [-0.2, -0.15) is 0 Å². The molecule has 0 bridgehead atoms. The number of Topliss-reactive ketones (excluding diaryl/α,β-unsaturated/α-hetero) is 1. The number of carbonyl (C=O) groups is 2. The third kappa shape index (κ3) is 1.13. The van der Waals surface area contributed by atoms with E-state index in [1.807, 2.05) is 13.0 Å². The lowest BCUT2D eigenvalue weighted by Gasteiger charge is -2.04. The molecule has 0 aliphatic heterocycles. The molecule has 0 radical (unpaired) electrons. The lowest BCUT2D eigenvalue weighted by Crippen LogP contribution is -2.08. The molecule has 3 nitrogen and oxygen atoms in total. The molecule has 1 aliphatic rings. The zero-order valence-electron chi connectivity index (χ0n) is 7.78. The molecule has 1 aromatic carbocycles. The number of benzene rings is 1. The molecular formula is C11H10O3. The third-order valence-corrected chi connectivity index (χ3v) is 2.65. The molecule has 0 saturated heterocycles. The number of carboxylic acid groups (broad SMARTS) is 1. The smallest absolute Gasteiger partial charge is 0.311 e. The largest absolute Gasteiger partial charge is 0.481 e. The van der Waals surface area contributed by atoms with Crippen LogP contribution in [0.5, 0.6) is 0 Å². The van der Waals surface area contributed by atoms with E-state index in [9.17, 15) is 9.59 Å². The van der Waals surface area contributed by atoms with Crippen LogP contribution in [0, 0.1) is 6.92 Å². The van der Waals surface area contributed by atoms with E-state index in [0.29, 0.717) is 11.1 Å². The highest BCUT2D eigenvalue weighted by Crippen LogP contribution is 2.34. The van der Waals surface area contributed by atoms with Gasteiger partial charge in [0.05, 0.1) is 5.92 Å². The molecule has 0 spiro atoms. The average Bonchev–Trinajstić information content (AvgIpc) is 2.45. The maximum absolute atomic E-state index is 11.5. The average molecular weight is 190 g/mol. The van der Waals surface area contributed by atoms with Gasteiger partial charge in [-0.3, -0.25) is 9.59 Å². The van der Waals surface area contributed by atoms with E-state index in [4.69, 9.17) is 5.11 Å². The Morgan fingerprint density at radius 3 is 2.86 bits per heavy atom. The molecule has 0 fully saturated rings. The Labute approximate surface area is 81.4 Å². The van der Waals surface area contributed by atoms with E-state index in [1.54, 1.807) is 12.1 Å². The second kappa shape index (κ2) is 2.94. The van der Waals surface area contributed by atoms with E-state index >= 15 is 0 Å². The molecule has 2 rings (SSSR count). The maximum atomic E-state index is 11.5. The number of carbonyl (C=O) groups excluding carboxylic acids is 1.